The molecular weight excluding hydrogens is 356 g/mol. The van der Waals surface area contributed by atoms with Gasteiger partial charge in [-0.15, -0.1) is 22.7 Å². The molecule has 0 unspecified atom stereocenters. The molecule has 3 aromatic rings. The Bertz CT molecular complexity index is 1080. The fourth-order valence-corrected chi connectivity index (χ4v) is 3.80. The minimum atomic E-state index is -0.475. The van der Waals surface area contributed by atoms with Crippen LogP contribution in [0.3, 0.4) is 0 Å². The van der Waals surface area contributed by atoms with Crippen molar-refractivity contribution >= 4 is 40.6 Å². The Morgan fingerprint density at radius 3 is 2.76 bits per heavy atom. The Morgan fingerprint density at radius 2 is 2.12 bits per heavy atom. The number of carbonyl (C=O) groups excluding carboxylic acids is 1. The molecule has 0 bridgehead atoms. The van der Waals surface area contributed by atoms with Crippen molar-refractivity contribution in [2.45, 2.75) is 20.8 Å². The maximum absolute atomic E-state index is 12.4. The molecule has 0 aliphatic heterocycles. The van der Waals surface area contributed by atoms with Crippen molar-refractivity contribution in [1.82, 2.24) is 9.55 Å². The molecule has 0 fully saturated rings. The monoisotopic (exact) mass is 374 g/mol. The zero-order chi connectivity index (χ0) is 18.2. The molecule has 7 heteroatoms. The van der Waals surface area contributed by atoms with Crippen LogP contribution < -0.4 is 14.8 Å². The van der Waals surface area contributed by atoms with Crippen molar-refractivity contribution in [3.8, 4) is 10.8 Å². The van der Waals surface area contributed by atoms with Gasteiger partial charge in [0.05, 0.1) is 16.5 Å². The van der Waals surface area contributed by atoms with Gasteiger partial charge in [0.15, 0.2) is 16.6 Å². The highest BCUT2D eigenvalue weighted by Crippen LogP contribution is 2.24. The van der Waals surface area contributed by atoms with Crippen LogP contribution in [0.5, 0.6) is 0 Å². The molecule has 5 nitrogen and oxygen atoms in total. The van der Waals surface area contributed by atoms with Crippen LogP contribution in [0.15, 0.2) is 33.0 Å². The lowest BCUT2D eigenvalue weighted by atomic mass is 9.91. The average Bonchev–Trinajstić information content (AvgIpc) is 3.25. The molecule has 3 heterocycles. The molecule has 0 saturated heterocycles. The summed E-state index contributed by atoms with van der Waals surface area (Å²) in [4.78, 5) is 29.1. The number of Topliss-reactive ketones (excluding diaryl/α,β-unsaturated/α-hetero) is 1. The first kappa shape index (κ1) is 17.6. The summed E-state index contributed by atoms with van der Waals surface area (Å²) in [5.41, 5.74) is 0.0890. The standard InChI is InChI=1S/C18H18N2O3S2/c1-18(2,3)14(21)9-15-20(4)17(22)13(25-15)8-11-10-24-16(19-11)12-6-5-7-23-12/h5-10H,1-4H3. The van der Waals surface area contributed by atoms with Crippen molar-refractivity contribution in [3.63, 3.8) is 0 Å². The van der Waals surface area contributed by atoms with Crippen molar-refractivity contribution in [2.24, 2.45) is 12.5 Å². The van der Waals surface area contributed by atoms with Gasteiger partial charge >= 0.3 is 0 Å². The van der Waals surface area contributed by atoms with E-state index in [-0.39, 0.29) is 11.3 Å². The van der Waals surface area contributed by atoms with Crippen LogP contribution in [0.25, 0.3) is 22.9 Å². The molecule has 3 rings (SSSR count). The Morgan fingerprint density at radius 1 is 1.36 bits per heavy atom. The number of hydrogen-bond donors (Lipinski definition) is 0. The molecule has 0 atom stereocenters. The third-order valence-corrected chi connectivity index (χ3v) is 5.58. The number of ketones is 1. The second kappa shape index (κ2) is 6.57. The first-order valence-electron chi connectivity index (χ1n) is 7.69. The van der Waals surface area contributed by atoms with Gasteiger partial charge in [0.2, 0.25) is 0 Å². The van der Waals surface area contributed by atoms with Gasteiger partial charge in [-0.1, -0.05) is 20.8 Å². The Kier molecular flexibility index (Phi) is 4.62. The molecule has 0 spiro atoms. The molecule has 0 amide bonds. The fourth-order valence-electron chi connectivity index (χ4n) is 2.04. The predicted molar refractivity (Wildman–Crippen MR) is 101 cm³/mol. The molecule has 0 radical (unpaired) electrons. The molecule has 0 saturated carbocycles. The van der Waals surface area contributed by atoms with Gasteiger partial charge in [0.25, 0.3) is 5.56 Å². The van der Waals surface area contributed by atoms with Crippen LogP contribution in [-0.2, 0) is 11.8 Å². The first-order chi connectivity index (χ1) is 11.8. The highest BCUT2D eigenvalue weighted by Gasteiger charge is 2.19. The van der Waals surface area contributed by atoms with Crippen LogP contribution in [-0.4, -0.2) is 15.3 Å². The summed E-state index contributed by atoms with van der Waals surface area (Å²) in [7, 11) is 1.67. The Labute approximate surface area is 152 Å². The van der Waals surface area contributed by atoms with Crippen molar-refractivity contribution in [3.05, 3.63) is 49.0 Å². The van der Waals surface area contributed by atoms with Crippen LogP contribution in [0.1, 0.15) is 26.5 Å². The summed E-state index contributed by atoms with van der Waals surface area (Å²) in [6, 6.07) is 3.65. The SMILES string of the molecule is Cn1c(=CC(=O)C(C)(C)C)sc(=Cc2csc(-c3ccco3)n2)c1=O. The molecule has 0 aliphatic carbocycles. The number of thiazole rings is 2. The predicted octanol–water partition coefficient (Wildman–Crippen LogP) is 2.39. The van der Waals surface area contributed by atoms with Gasteiger partial charge in [-0.25, -0.2) is 4.98 Å². The van der Waals surface area contributed by atoms with Crippen LogP contribution in [0, 0.1) is 5.41 Å². The Hall–Kier alpha value is -2.25. The van der Waals surface area contributed by atoms with E-state index in [1.807, 2.05) is 38.3 Å². The van der Waals surface area contributed by atoms with E-state index in [2.05, 4.69) is 4.98 Å². The zero-order valence-electron chi connectivity index (χ0n) is 14.4. The van der Waals surface area contributed by atoms with Gasteiger partial charge < -0.3 is 8.98 Å². The molecule has 25 heavy (non-hydrogen) atoms. The minimum absolute atomic E-state index is 0.00957. The van der Waals surface area contributed by atoms with Crippen LogP contribution in [0.4, 0.5) is 0 Å². The van der Waals surface area contributed by atoms with E-state index in [4.69, 9.17) is 4.42 Å². The van der Waals surface area contributed by atoms with E-state index in [1.54, 1.807) is 25.5 Å². The van der Waals surface area contributed by atoms with Gasteiger partial charge in [0.1, 0.15) is 4.66 Å². The first-order valence-corrected chi connectivity index (χ1v) is 9.38. The molecule has 0 N–H and O–H groups in total. The highest BCUT2D eigenvalue weighted by molar-refractivity contribution is 7.13. The van der Waals surface area contributed by atoms with Gasteiger partial charge in [-0.05, 0) is 18.2 Å². The van der Waals surface area contributed by atoms with E-state index in [1.165, 1.54) is 27.2 Å². The summed E-state index contributed by atoms with van der Waals surface area (Å²) in [5, 5.41) is 2.64. The highest BCUT2D eigenvalue weighted by atomic mass is 32.1. The minimum Gasteiger partial charge on any atom is -0.462 e. The molecular formula is C18H18N2O3S2. The maximum Gasteiger partial charge on any atom is 0.268 e. The van der Waals surface area contributed by atoms with E-state index in [0.29, 0.717) is 20.6 Å². The van der Waals surface area contributed by atoms with Gasteiger partial charge in [-0.3, -0.25) is 9.59 Å². The second-order valence-electron chi connectivity index (χ2n) is 6.63. The van der Waals surface area contributed by atoms with E-state index in [9.17, 15) is 9.59 Å². The molecule has 0 aromatic carbocycles. The fraction of sp³-hybridized carbons (Fsp3) is 0.278. The van der Waals surface area contributed by atoms with Crippen molar-refractivity contribution in [2.75, 3.05) is 0 Å². The van der Waals surface area contributed by atoms with E-state index >= 15 is 0 Å². The lowest BCUT2D eigenvalue weighted by molar-refractivity contribution is -0.120. The molecule has 130 valence electrons. The maximum atomic E-state index is 12.4. The number of carbonyl (C=O) groups is 1. The Balaban J connectivity index is 2.03. The average molecular weight is 374 g/mol. The smallest absolute Gasteiger partial charge is 0.268 e. The summed E-state index contributed by atoms with van der Waals surface area (Å²) in [6.07, 6.45) is 4.89. The number of furan rings is 1. The van der Waals surface area contributed by atoms with Gasteiger partial charge in [0, 0.05) is 23.9 Å². The largest absolute Gasteiger partial charge is 0.462 e. The van der Waals surface area contributed by atoms with E-state index < -0.39 is 5.41 Å². The van der Waals surface area contributed by atoms with Crippen LogP contribution >= 0.6 is 22.7 Å². The van der Waals surface area contributed by atoms with E-state index in [0.717, 1.165) is 5.01 Å². The topological polar surface area (TPSA) is 65.1 Å². The summed E-state index contributed by atoms with van der Waals surface area (Å²) in [6.45, 7) is 5.57. The number of rotatable bonds is 3. The summed E-state index contributed by atoms with van der Waals surface area (Å²) >= 11 is 2.75. The van der Waals surface area contributed by atoms with Crippen molar-refractivity contribution in [1.29, 1.82) is 0 Å². The number of nitrogens with zero attached hydrogens (tertiary/aromatic N) is 2. The third kappa shape index (κ3) is 3.72. The number of aromatic nitrogens is 2. The summed E-state index contributed by atoms with van der Waals surface area (Å²) < 4.78 is 8.02. The quantitative estimate of drug-likeness (QED) is 0.706. The second-order valence-corrected chi connectivity index (χ2v) is 8.55. The van der Waals surface area contributed by atoms with Crippen molar-refractivity contribution < 1.29 is 9.21 Å². The van der Waals surface area contributed by atoms with Gasteiger partial charge in [-0.2, -0.15) is 0 Å². The third-order valence-electron chi connectivity index (χ3n) is 3.59. The zero-order valence-corrected chi connectivity index (χ0v) is 16.0. The lowest BCUT2D eigenvalue weighted by Gasteiger charge is -2.12. The van der Waals surface area contributed by atoms with Crippen LogP contribution in [0.2, 0.25) is 0 Å². The lowest BCUT2D eigenvalue weighted by Crippen LogP contribution is -2.30. The normalized spacial score (nSPS) is 13.6. The molecule has 0 aliphatic rings. The number of hydrogen-bond acceptors (Lipinski definition) is 6. The summed E-state index contributed by atoms with van der Waals surface area (Å²) in [5.74, 6) is 0.693. The molecule has 3 aromatic heterocycles.